The van der Waals surface area contributed by atoms with Gasteiger partial charge in [0.2, 0.25) is 5.91 Å². The van der Waals surface area contributed by atoms with Crippen molar-refractivity contribution >= 4 is 51.7 Å². The van der Waals surface area contributed by atoms with Crippen molar-refractivity contribution in [3.8, 4) is 0 Å². The first-order valence-electron chi connectivity index (χ1n) is 10.2. The number of rotatable bonds is 5. The molecular formula is C24H21N5O2S. The van der Waals surface area contributed by atoms with Crippen molar-refractivity contribution in [1.82, 2.24) is 14.9 Å². The Morgan fingerprint density at radius 2 is 1.81 bits per heavy atom. The highest BCUT2D eigenvalue weighted by molar-refractivity contribution is 7.99. The van der Waals surface area contributed by atoms with E-state index >= 15 is 0 Å². The van der Waals surface area contributed by atoms with E-state index in [4.69, 9.17) is 0 Å². The second-order valence-corrected chi connectivity index (χ2v) is 8.45. The molecule has 0 saturated carbocycles. The molecule has 1 saturated heterocycles. The highest BCUT2D eigenvalue weighted by Gasteiger charge is 2.36. The third-order valence-corrected chi connectivity index (χ3v) is 6.35. The van der Waals surface area contributed by atoms with Crippen molar-refractivity contribution in [1.29, 1.82) is 0 Å². The molecule has 160 valence electrons. The molecule has 8 heteroatoms. The van der Waals surface area contributed by atoms with Gasteiger partial charge in [0.05, 0.1) is 23.3 Å². The minimum Gasteiger partial charge on any atom is -0.360 e. The van der Waals surface area contributed by atoms with E-state index in [-0.39, 0.29) is 11.8 Å². The van der Waals surface area contributed by atoms with Crippen LogP contribution < -0.4 is 10.6 Å². The summed E-state index contributed by atoms with van der Waals surface area (Å²) in [5.74, 6) is 1.36. The number of hydrogen-bond donors (Lipinski definition) is 3. The zero-order valence-corrected chi connectivity index (χ0v) is 17.9. The quantitative estimate of drug-likeness (QED) is 0.424. The van der Waals surface area contributed by atoms with Crippen LogP contribution in [0.5, 0.6) is 0 Å². The number of amides is 2. The van der Waals surface area contributed by atoms with Crippen LogP contribution in [-0.4, -0.2) is 44.4 Å². The summed E-state index contributed by atoms with van der Waals surface area (Å²) < 4.78 is 0. The largest absolute Gasteiger partial charge is 0.360 e. The summed E-state index contributed by atoms with van der Waals surface area (Å²) in [6.07, 6.45) is 3.32. The smallest absolute Gasteiger partial charge is 0.257 e. The van der Waals surface area contributed by atoms with Gasteiger partial charge in [0.15, 0.2) is 0 Å². The van der Waals surface area contributed by atoms with Gasteiger partial charge in [-0.1, -0.05) is 36.4 Å². The number of carbonyl (C=O) groups is 2. The average molecular weight is 444 g/mol. The average Bonchev–Trinajstić information content (AvgIpc) is 3.48. The number of thioether (sulfide) groups is 1. The Balaban J connectivity index is 1.27. The van der Waals surface area contributed by atoms with Crippen molar-refractivity contribution in [3.63, 3.8) is 0 Å². The summed E-state index contributed by atoms with van der Waals surface area (Å²) in [6.45, 7) is 0. The first kappa shape index (κ1) is 20.1. The lowest BCUT2D eigenvalue weighted by molar-refractivity contribution is -0.119. The summed E-state index contributed by atoms with van der Waals surface area (Å²) in [7, 11) is 0. The van der Waals surface area contributed by atoms with Gasteiger partial charge in [0, 0.05) is 28.5 Å². The molecule has 4 aromatic rings. The fraction of sp³-hybridized carbons (Fsp3) is 0.125. The zero-order chi connectivity index (χ0) is 21.9. The Morgan fingerprint density at radius 3 is 2.62 bits per heavy atom. The molecule has 0 radical (unpaired) electrons. The number of carbonyl (C=O) groups excluding carboxylic acids is 2. The fourth-order valence-electron chi connectivity index (χ4n) is 3.70. The summed E-state index contributed by atoms with van der Waals surface area (Å²) in [4.78, 5) is 35.3. The van der Waals surface area contributed by atoms with Crippen LogP contribution in [0.2, 0.25) is 0 Å². The maximum atomic E-state index is 13.2. The van der Waals surface area contributed by atoms with Gasteiger partial charge in [-0.25, -0.2) is 4.98 Å². The number of benzene rings is 2. The van der Waals surface area contributed by atoms with Crippen molar-refractivity contribution in [2.24, 2.45) is 0 Å². The number of fused-ring (bicyclic) bond motifs is 1. The predicted octanol–water partition coefficient (Wildman–Crippen LogP) is 4.46. The van der Waals surface area contributed by atoms with Gasteiger partial charge in [-0.05, 0) is 30.3 Å². The van der Waals surface area contributed by atoms with Crippen LogP contribution in [0.3, 0.4) is 0 Å². The molecule has 5 rings (SSSR count). The molecule has 2 aromatic carbocycles. The molecule has 0 spiro atoms. The Labute approximate surface area is 189 Å². The van der Waals surface area contributed by atoms with Crippen LogP contribution in [0.15, 0.2) is 79.1 Å². The number of para-hydroxylation sites is 2. The SMILES string of the molecule is O=C(Nc1ccc(Nc2ccccc2)nc1)C1CSCN1C(=O)c1c[nH]c2ccccc12. The molecule has 1 aliphatic rings. The second kappa shape index (κ2) is 8.76. The van der Waals surface area contributed by atoms with Crippen molar-refractivity contribution < 1.29 is 9.59 Å². The summed E-state index contributed by atoms with van der Waals surface area (Å²) in [5, 5.41) is 6.97. The number of H-pyrrole nitrogens is 1. The van der Waals surface area contributed by atoms with E-state index in [1.807, 2.05) is 54.6 Å². The maximum absolute atomic E-state index is 13.2. The lowest BCUT2D eigenvalue weighted by atomic mass is 10.1. The normalized spacial score (nSPS) is 15.6. The predicted molar refractivity (Wildman–Crippen MR) is 128 cm³/mol. The van der Waals surface area contributed by atoms with E-state index in [0.29, 0.717) is 28.7 Å². The van der Waals surface area contributed by atoms with Crippen LogP contribution in [0.25, 0.3) is 10.9 Å². The number of aromatic nitrogens is 2. The Kier molecular flexibility index (Phi) is 5.51. The minimum absolute atomic E-state index is 0.145. The van der Waals surface area contributed by atoms with Crippen molar-refractivity contribution in [2.45, 2.75) is 6.04 Å². The number of nitrogens with zero attached hydrogens (tertiary/aromatic N) is 2. The van der Waals surface area contributed by atoms with Crippen molar-refractivity contribution in [3.05, 3.63) is 84.7 Å². The molecule has 2 aromatic heterocycles. The second-order valence-electron chi connectivity index (χ2n) is 7.45. The van der Waals surface area contributed by atoms with E-state index in [2.05, 4.69) is 20.6 Å². The van der Waals surface area contributed by atoms with E-state index < -0.39 is 6.04 Å². The van der Waals surface area contributed by atoms with Gasteiger partial charge in [-0.15, -0.1) is 11.8 Å². The number of hydrogen-bond acceptors (Lipinski definition) is 5. The van der Waals surface area contributed by atoms with Crippen LogP contribution in [0.1, 0.15) is 10.4 Å². The third-order valence-electron chi connectivity index (χ3n) is 5.34. The first-order valence-corrected chi connectivity index (χ1v) is 11.4. The third kappa shape index (κ3) is 4.04. The van der Waals surface area contributed by atoms with E-state index in [9.17, 15) is 9.59 Å². The van der Waals surface area contributed by atoms with Gasteiger partial charge in [-0.2, -0.15) is 0 Å². The fourth-order valence-corrected chi connectivity index (χ4v) is 4.85. The van der Waals surface area contributed by atoms with Crippen LogP contribution in [0.4, 0.5) is 17.2 Å². The standard InChI is InChI=1S/C24H21N5O2S/c30-23(28-17-10-11-22(26-12-17)27-16-6-2-1-3-7-16)21-14-32-15-29(21)24(31)19-13-25-20-9-5-4-8-18(19)20/h1-13,21,25H,14-15H2,(H,26,27)(H,28,30). The van der Waals surface area contributed by atoms with Crippen LogP contribution >= 0.6 is 11.8 Å². The summed E-state index contributed by atoms with van der Waals surface area (Å²) >= 11 is 1.57. The van der Waals surface area contributed by atoms with Crippen molar-refractivity contribution in [2.75, 3.05) is 22.3 Å². The van der Waals surface area contributed by atoms with Crippen LogP contribution in [0, 0.1) is 0 Å². The minimum atomic E-state index is -0.539. The molecule has 1 atom stereocenters. The molecule has 0 bridgehead atoms. The molecule has 32 heavy (non-hydrogen) atoms. The van der Waals surface area contributed by atoms with Gasteiger partial charge >= 0.3 is 0 Å². The molecule has 0 aliphatic carbocycles. The molecule has 1 aliphatic heterocycles. The molecule has 3 heterocycles. The highest BCUT2D eigenvalue weighted by Crippen LogP contribution is 2.27. The molecule has 2 amide bonds. The first-order chi connectivity index (χ1) is 15.7. The summed E-state index contributed by atoms with van der Waals surface area (Å²) in [6, 6.07) is 20.5. The van der Waals surface area contributed by atoms with E-state index in [1.54, 1.807) is 41.2 Å². The van der Waals surface area contributed by atoms with Gasteiger partial charge in [-0.3, -0.25) is 9.59 Å². The Morgan fingerprint density at radius 1 is 1.00 bits per heavy atom. The molecule has 1 fully saturated rings. The Hall–Kier alpha value is -3.78. The Bertz CT molecular complexity index is 1260. The van der Waals surface area contributed by atoms with Gasteiger partial charge < -0.3 is 20.5 Å². The number of aromatic amines is 1. The lowest BCUT2D eigenvalue weighted by Gasteiger charge is -2.23. The van der Waals surface area contributed by atoms with E-state index in [0.717, 1.165) is 16.6 Å². The van der Waals surface area contributed by atoms with Gasteiger partial charge in [0.1, 0.15) is 11.9 Å². The molecule has 1 unspecified atom stereocenters. The molecular weight excluding hydrogens is 422 g/mol. The number of pyridine rings is 1. The molecule has 3 N–H and O–H groups in total. The van der Waals surface area contributed by atoms with E-state index in [1.165, 1.54) is 0 Å². The number of nitrogens with one attached hydrogen (secondary N) is 3. The van der Waals surface area contributed by atoms with Gasteiger partial charge in [0.25, 0.3) is 5.91 Å². The highest BCUT2D eigenvalue weighted by atomic mass is 32.2. The zero-order valence-electron chi connectivity index (χ0n) is 17.1. The summed E-state index contributed by atoms with van der Waals surface area (Å²) in [5.41, 5.74) is 3.01. The monoisotopic (exact) mass is 443 g/mol. The van der Waals surface area contributed by atoms with Crippen LogP contribution in [-0.2, 0) is 4.79 Å². The topological polar surface area (TPSA) is 90.1 Å². The number of anilines is 3. The maximum Gasteiger partial charge on any atom is 0.257 e. The molecule has 7 nitrogen and oxygen atoms in total. The lowest BCUT2D eigenvalue weighted by Crippen LogP contribution is -2.44.